The quantitative estimate of drug-likeness (QED) is 0.392. The zero-order chi connectivity index (χ0) is 20.5. The summed E-state index contributed by atoms with van der Waals surface area (Å²) >= 11 is 8.74. The smallest absolute Gasteiger partial charge is 0.251 e. The fourth-order valence-corrected chi connectivity index (χ4v) is 5.44. The minimum absolute atomic E-state index is 0.0542. The van der Waals surface area contributed by atoms with Crippen LogP contribution in [0.5, 0.6) is 0 Å². The van der Waals surface area contributed by atoms with Crippen LogP contribution in [0.4, 0.5) is 5.00 Å². The van der Waals surface area contributed by atoms with Gasteiger partial charge in [0.25, 0.3) is 5.91 Å². The van der Waals surface area contributed by atoms with E-state index in [1.54, 1.807) is 12.1 Å². The molecule has 4 rings (SSSR count). The first-order valence-electron chi connectivity index (χ1n) is 8.78. The number of thiophene rings is 1. The van der Waals surface area contributed by atoms with E-state index < -0.39 is 5.91 Å². The molecule has 8 nitrogen and oxygen atoms in total. The predicted molar refractivity (Wildman–Crippen MR) is 115 cm³/mol. The highest BCUT2D eigenvalue weighted by molar-refractivity contribution is 7.99. The first-order chi connectivity index (χ1) is 14.0. The fourth-order valence-electron chi connectivity index (χ4n) is 3.25. The van der Waals surface area contributed by atoms with Gasteiger partial charge in [0.1, 0.15) is 5.00 Å². The maximum absolute atomic E-state index is 12.4. The van der Waals surface area contributed by atoms with Crippen LogP contribution in [0.1, 0.15) is 27.2 Å². The van der Waals surface area contributed by atoms with Gasteiger partial charge >= 0.3 is 0 Å². The number of nitrogens with one attached hydrogen (secondary N) is 1. The molecule has 1 aliphatic rings. The molecule has 2 amide bonds. The number of aryl methyl sites for hydroxylation is 1. The Kier molecular flexibility index (Phi) is 5.48. The molecule has 1 aliphatic carbocycles. The highest BCUT2D eigenvalue weighted by Gasteiger charge is 2.26. The van der Waals surface area contributed by atoms with Crippen molar-refractivity contribution in [2.45, 2.75) is 24.4 Å². The van der Waals surface area contributed by atoms with Gasteiger partial charge in [0.15, 0.2) is 5.82 Å². The van der Waals surface area contributed by atoms with E-state index in [1.807, 2.05) is 12.1 Å². The summed E-state index contributed by atoms with van der Waals surface area (Å²) in [6.45, 7) is 0. The number of benzene rings is 1. The monoisotopic (exact) mass is 448 g/mol. The molecule has 1 aromatic carbocycles. The lowest BCUT2D eigenvalue weighted by Crippen LogP contribution is -2.19. The Hall–Kier alpha value is -2.56. The van der Waals surface area contributed by atoms with Gasteiger partial charge in [0.05, 0.1) is 16.3 Å². The van der Waals surface area contributed by atoms with Gasteiger partial charge in [0.2, 0.25) is 11.1 Å². The molecule has 0 radical (unpaired) electrons. The summed E-state index contributed by atoms with van der Waals surface area (Å²) in [4.78, 5) is 25.4. The molecule has 0 spiro atoms. The van der Waals surface area contributed by atoms with E-state index in [0.717, 1.165) is 41.5 Å². The number of halogens is 1. The maximum atomic E-state index is 12.4. The van der Waals surface area contributed by atoms with Crippen LogP contribution in [-0.4, -0.2) is 32.4 Å². The number of nitrogen functional groups attached to an aromatic ring is 1. The van der Waals surface area contributed by atoms with Crippen molar-refractivity contribution in [3.8, 4) is 11.4 Å². The van der Waals surface area contributed by atoms with Crippen molar-refractivity contribution in [1.82, 2.24) is 14.9 Å². The molecule has 0 atom stereocenters. The number of rotatable bonds is 6. The second-order valence-electron chi connectivity index (χ2n) is 6.42. The van der Waals surface area contributed by atoms with Crippen molar-refractivity contribution >= 4 is 51.5 Å². The number of carbonyl (C=O) groups is 2. The Morgan fingerprint density at radius 2 is 2.07 bits per heavy atom. The molecule has 0 unspecified atom stereocenters. The summed E-state index contributed by atoms with van der Waals surface area (Å²) < 4.78 is 1.30. The van der Waals surface area contributed by atoms with Crippen molar-refractivity contribution in [1.29, 1.82) is 0 Å². The summed E-state index contributed by atoms with van der Waals surface area (Å²) in [6.07, 6.45) is 2.73. The number of hydrogen-bond donors (Lipinski definition) is 3. The van der Waals surface area contributed by atoms with Gasteiger partial charge in [-0.15, -0.1) is 21.5 Å². The van der Waals surface area contributed by atoms with E-state index >= 15 is 0 Å². The minimum Gasteiger partial charge on any atom is -0.365 e. The Morgan fingerprint density at radius 1 is 1.28 bits per heavy atom. The van der Waals surface area contributed by atoms with Crippen molar-refractivity contribution in [2.24, 2.45) is 5.73 Å². The third-order valence-corrected chi connectivity index (χ3v) is 7.01. The molecule has 3 aromatic rings. The Morgan fingerprint density at radius 3 is 2.83 bits per heavy atom. The molecule has 11 heteroatoms. The molecule has 2 heterocycles. The lowest BCUT2D eigenvalue weighted by molar-refractivity contribution is -0.113. The van der Waals surface area contributed by atoms with Gasteiger partial charge in [-0.1, -0.05) is 35.5 Å². The first kappa shape index (κ1) is 19.7. The third kappa shape index (κ3) is 3.83. The SMILES string of the molecule is NC(=O)c1c(NC(=O)CSc2nnc(-c3ccccc3Cl)n2N)sc2c1CCC2. The number of thioether (sulfide) groups is 1. The van der Waals surface area contributed by atoms with Crippen LogP contribution >= 0.6 is 34.7 Å². The average molecular weight is 449 g/mol. The number of anilines is 1. The van der Waals surface area contributed by atoms with Crippen LogP contribution in [0.3, 0.4) is 0 Å². The van der Waals surface area contributed by atoms with Crippen LogP contribution in [-0.2, 0) is 17.6 Å². The van der Waals surface area contributed by atoms with E-state index in [2.05, 4.69) is 15.5 Å². The highest BCUT2D eigenvalue weighted by Crippen LogP contribution is 2.39. The highest BCUT2D eigenvalue weighted by atomic mass is 35.5. The molecule has 2 aromatic heterocycles. The Labute approximate surface area is 179 Å². The van der Waals surface area contributed by atoms with E-state index in [0.29, 0.717) is 32.1 Å². The van der Waals surface area contributed by atoms with Gasteiger partial charge in [0, 0.05) is 10.4 Å². The lowest BCUT2D eigenvalue weighted by Gasteiger charge is -2.07. The van der Waals surface area contributed by atoms with E-state index in [-0.39, 0.29) is 11.7 Å². The third-order valence-electron chi connectivity index (χ3n) is 4.53. The standard InChI is InChI=1S/C18H17ClN6O2S2/c19-11-6-2-1-4-9(11)16-23-24-18(25(16)21)28-8-13(26)22-17-14(15(20)27)10-5-3-7-12(10)29-17/h1-2,4,6H,3,5,7-8,21H2,(H2,20,27)(H,22,26). The number of aromatic nitrogens is 3. The predicted octanol–water partition coefficient (Wildman–Crippen LogP) is 2.69. The van der Waals surface area contributed by atoms with Gasteiger partial charge < -0.3 is 16.9 Å². The van der Waals surface area contributed by atoms with Gasteiger partial charge in [-0.3, -0.25) is 9.59 Å². The minimum atomic E-state index is -0.515. The number of carbonyl (C=O) groups excluding carboxylic acids is 2. The van der Waals surface area contributed by atoms with Crippen LogP contribution in [0.2, 0.25) is 5.02 Å². The van der Waals surface area contributed by atoms with Crippen LogP contribution < -0.4 is 16.9 Å². The Bertz CT molecular complexity index is 1110. The number of nitrogens with two attached hydrogens (primary N) is 2. The summed E-state index contributed by atoms with van der Waals surface area (Å²) in [7, 11) is 0. The molecule has 5 N–H and O–H groups in total. The van der Waals surface area contributed by atoms with Crippen LogP contribution in [0.25, 0.3) is 11.4 Å². The zero-order valence-electron chi connectivity index (χ0n) is 15.1. The molecule has 0 saturated carbocycles. The molecule has 150 valence electrons. The number of hydrogen-bond acceptors (Lipinski definition) is 7. The summed E-state index contributed by atoms with van der Waals surface area (Å²) in [5.74, 6) is 5.74. The van der Waals surface area contributed by atoms with E-state index in [1.165, 1.54) is 16.0 Å². The van der Waals surface area contributed by atoms with Crippen molar-refractivity contribution < 1.29 is 9.59 Å². The van der Waals surface area contributed by atoms with E-state index in [9.17, 15) is 9.59 Å². The van der Waals surface area contributed by atoms with Gasteiger partial charge in [-0.25, -0.2) is 4.68 Å². The average Bonchev–Trinajstić information content (AvgIpc) is 3.35. The van der Waals surface area contributed by atoms with Crippen molar-refractivity contribution in [3.05, 3.63) is 45.3 Å². The largest absolute Gasteiger partial charge is 0.365 e. The Balaban J connectivity index is 1.45. The maximum Gasteiger partial charge on any atom is 0.251 e. The molecule has 0 aliphatic heterocycles. The van der Waals surface area contributed by atoms with Crippen LogP contribution in [0, 0.1) is 0 Å². The van der Waals surface area contributed by atoms with Gasteiger partial charge in [-0.2, -0.15) is 0 Å². The second-order valence-corrected chi connectivity index (χ2v) is 8.87. The number of amides is 2. The number of nitrogens with zero attached hydrogens (tertiary/aromatic N) is 3. The van der Waals surface area contributed by atoms with Crippen molar-refractivity contribution in [3.63, 3.8) is 0 Å². The normalized spacial score (nSPS) is 12.7. The first-order valence-corrected chi connectivity index (χ1v) is 11.0. The molecular weight excluding hydrogens is 432 g/mol. The topological polar surface area (TPSA) is 129 Å². The molecule has 0 fully saturated rings. The lowest BCUT2D eigenvalue weighted by atomic mass is 10.1. The molecule has 0 saturated heterocycles. The van der Waals surface area contributed by atoms with Gasteiger partial charge in [-0.05, 0) is 37.0 Å². The van der Waals surface area contributed by atoms with Crippen molar-refractivity contribution in [2.75, 3.05) is 16.9 Å². The van der Waals surface area contributed by atoms with E-state index in [4.69, 9.17) is 23.2 Å². The molecule has 29 heavy (non-hydrogen) atoms. The number of fused-ring (bicyclic) bond motifs is 1. The van der Waals surface area contributed by atoms with Crippen LogP contribution in [0.15, 0.2) is 29.4 Å². The zero-order valence-corrected chi connectivity index (χ0v) is 17.5. The summed E-state index contributed by atoms with van der Waals surface area (Å²) in [5, 5.41) is 12.3. The summed E-state index contributed by atoms with van der Waals surface area (Å²) in [5.41, 5.74) is 7.58. The number of primary amides is 1. The fraction of sp³-hybridized carbons (Fsp3) is 0.222. The summed E-state index contributed by atoms with van der Waals surface area (Å²) in [6, 6.07) is 7.16. The molecular formula is C18H17ClN6O2S2. The molecule has 0 bridgehead atoms. The second kappa shape index (κ2) is 8.05.